The molecule has 0 bridgehead atoms. The third kappa shape index (κ3) is 3.79. The van der Waals surface area contributed by atoms with E-state index >= 15 is 0 Å². The molecule has 4 nitrogen and oxygen atoms in total. The molecule has 0 radical (unpaired) electrons. The standard InChI is InChI=1S/C26H22BrFN2O2/c1-32-18-9-6-15(7-10-18)16-12-23-25(24(31)13-16)26(19-14-17(27)8-11-20(19)28)30-22-5-3-2-4-21(22)29-23/h2-11,14,16,26,29-30H,12-13H2,1H3/t16-,26-/m1/s1. The zero-order valence-electron chi connectivity index (χ0n) is 17.5. The van der Waals surface area contributed by atoms with Gasteiger partial charge in [-0.1, -0.05) is 40.2 Å². The Morgan fingerprint density at radius 2 is 1.75 bits per heavy atom. The van der Waals surface area contributed by atoms with Crippen LogP contribution < -0.4 is 15.4 Å². The predicted octanol–water partition coefficient (Wildman–Crippen LogP) is 6.58. The first-order valence-electron chi connectivity index (χ1n) is 10.5. The molecule has 3 aromatic rings. The van der Waals surface area contributed by atoms with Gasteiger partial charge < -0.3 is 15.4 Å². The van der Waals surface area contributed by atoms with Crippen LogP contribution in [0.2, 0.25) is 0 Å². The van der Waals surface area contributed by atoms with Crippen LogP contribution in [0.1, 0.15) is 35.9 Å². The van der Waals surface area contributed by atoms with Crippen LogP contribution in [0.5, 0.6) is 5.75 Å². The van der Waals surface area contributed by atoms with Crippen molar-refractivity contribution in [2.24, 2.45) is 0 Å². The maximum atomic E-state index is 14.9. The minimum atomic E-state index is -0.581. The van der Waals surface area contributed by atoms with E-state index in [4.69, 9.17) is 4.74 Å². The van der Waals surface area contributed by atoms with Gasteiger partial charge in [-0.25, -0.2) is 4.39 Å². The van der Waals surface area contributed by atoms with Gasteiger partial charge in [0.1, 0.15) is 11.6 Å². The van der Waals surface area contributed by atoms with Crippen molar-refractivity contribution in [1.82, 2.24) is 0 Å². The first kappa shape index (κ1) is 20.8. The molecule has 2 atom stereocenters. The van der Waals surface area contributed by atoms with Crippen LogP contribution in [0.4, 0.5) is 15.8 Å². The average molecular weight is 493 g/mol. The molecule has 32 heavy (non-hydrogen) atoms. The number of carbonyl (C=O) groups excluding carboxylic acids is 1. The number of Topliss-reactive ketones (excluding diaryl/α,β-unsaturated/α-hetero) is 1. The summed E-state index contributed by atoms with van der Waals surface area (Å²) in [5.74, 6) is 0.496. The van der Waals surface area contributed by atoms with Gasteiger partial charge in [0.25, 0.3) is 0 Å². The summed E-state index contributed by atoms with van der Waals surface area (Å²) in [7, 11) is 1.64. The van der Waals surface area contributed by atoms with E-state index in [-0.39, 0.29) is 17.5 Å². The Morgan fingerprint density at radius 3 is 2.50 bits per heavy atom. The van der Waals surface area contributed by atoms with E-state index in [1.807, 2.05) is 48.5 Å². The van der Waals surface area contributed by atoms with Crippen LogP contribution >= 0.6 is 15.9 Å². The maximum absolute atomic E-state index is 14.9. The highest BCUT2D eigenvalue weighted by atomic mass is 79.9. The van der Waals surface area contributed by atoms with Crippen molar-refractivity contribution in [3.63, 3.8) is 0 Å². The van der Waals surface area contributed by atoms with E-state index in [9.17, 15) is 9.18 Å². The second-order valence-electron chi connectivity index (χ2n) is 8.11. The van der Waals surface area contributed by atoms with Gasteiger partial charge >= 0.3 is 0 Å². The quantitative estimate of drug-likeness (QED) is 0.433. The first-order valence-corrected chi connectivity index (χ1v) is 11.3. The van der Waals surface area contributed by atoms with E-state index in [0.29, 0.717) is 24.0 Å². The summed E-state index contributed by atoms with van der Waals surface area (Å²) in [6, 6.07) is 19.9. The number of para-hydroxylation sites is 2. The van der Waals surface area contributed by atoms with Gasteiger partial charge in [-0.3, -0.25) is 4.79 Å². The van der Waals surface area contributed by atoms with Crippen molar-refractivity contribution in [2.75, 3.05) is 17.7 Å². The zero-order valence-corrected chi connectivity index (χ0v) is 19.1. The molecule has 1 aliphatic carbocycles. The second kappa shape index (κ2) is 8.43. The minimum absolute atomic E-state index is 0.0178. The lowest BCUT2D eigenvalue weighted by Gasteiger charge is -2.30. The molecule has 0 saturated carbocycles. The highest BCUT2D eigenvalue weighted by Crippen LogP contribution is 2.45. The van der Waals surface area contributed by atoms with E-state index in [1.165, 1.54) is 6.07 Å². The van der Waals surface area contributed by atoms with Crippen LogP contribution in [0, 0.1) is 5.82 Å². The summed E-state index contributed by atoms with van der Waals surface area (Å²) in [6.07, 6.45) is 1.03. The molecule has 0 fully saturated rings. The number of carbonyl (C=O) groups is 1. The molecule has 2 N–H and O–H groups in total. The molecule has 5 rings (SSSR count). The third-order valence-corrected chi connectivity index (χ3v) is 6.66. The molecular weight excluding hydrogens is 471 g/mol. The predicted molar refractivity (Wildman–Crippen MR) is 128 cm³/mol. The lowest BCUT2D eigenvalue weighted by molar-refractivity contribution is -0.116. The van der Waals surface area contributed by atoms with Gasteiger partial charge in [-0.2, -0.15) is 0 Å². The second-order valence-corrected chi connectivity index (χ2v) is 9.02. The summed E-state index contributed by atoms with van der Waals surface area (Å²) in [4.78, 5) is 13.5. The molecule has 2 aliphatic rings. The van der Waals surface area contributed by atoms with Gasteiger partial charge in [0, 0.05) is 27.7 Å². The van der Waals surface area contributed by atoms with Crippen LogP contribution in [0.3, 0.4) is 0 Å². The van der Waals surface area contributed by atoms with Crippen molar-refractivity contribution in [1.29, 1.82) is 0 Å². The number of allylic oxidation sites excluding steroid dienone is 1. The largest absolute Gasteiger partial charge is 0.497 e. The number of methoxy groups -OCH3 is 1. The van der Waals surface area contributed by atoms with Gasteiger partial charge in [0.05, 0.1) is 24.5 Å². The Morgan fingerprint density at radius 1 is 1.00 bits per heavy atom. The third-order valence-electron chi connectivity index (χ3n) is 6.17. The summed E-state index contributed by atoms with van der Waals surface area (Å²) in [5.41, 5.74) is 4.68. The molecule has 1 aliphatic heterocycles. The number of rotatable bonds is 3. The monoisotopic (exact) mass is 492 g/mol. The molecule has 0 amide bonds. The van der Waals surface area contributed by atoms with Crippen molar-refractivity contribution in [3.05, 3.63) is 99.4 Å². The maximum Gasteiger partial charge on any atom is 0.163 e. The van der Waals surface area contributed by atoms with Crippen molar-refractivity contribution >= 4 is 33.1 Å². The number of fused-ring (bicyclic) bond motifs is 1. The van der Waals surface area contributed by atoms with Gasteiger partial charge in [0.15, 0.2) is 5.78 Å². The highest BCUT2D eigenvalue weighted by Gasteiger charge is 2.37. The Bertz CT molecular complexity index is 1220. The van der Waals surface area contributed by atoms with E-state index in [1.54, 1.807) is 19.2 Å². The topological polar surface area (TPSA) is 50.4 Å². The van der Waals surface area contributed by atoms with E-state index in [0.717, 1.165) is 32.9 Å². The van der Waals surface area contributed by atoms with Crippen LogP contribution in [0.25, 0.3) is 0 Å². The summed E-state index contributed by atoms with van der Waals surface area (Å²) >= 11 is 3.45. The fourth-order valence-electron chi connectivity index (χ4n) is 4.57. The Kier molecular flexibility index (Phi) is 5.47. The molecule has 0 spiro atoms. The van der Waals surface area contributed by atoms with Crippen molar-refractivity contribution in [3.8, 4) is 5.75 Å². The molecule has 0 unspecified atom stereocenters. The normalized spacial score (nSPS) is 19.9. The number of hydrogen-bond donors (Lipinski definition) is 2. The number of ketones is 1. The number of halogens is 2. The fraction of sp³-hybridized carbons (Fsp3) is 0.192. The lowest BCUT2D eigenvalue weighted by atomic mass is 9.78. The summed E-state index contributed by atoms with van der Waals surface area (Å²) in [5, 5.41) is 6.91. The van der Waals surface area contributed by atoms with Crippen molar-refractivity contribution < 1.29 is 13.9 Å². The molecule has 0 aromatic heterocycles. The number of anilines is 2. The van der Waals surface area contributed by atoms with Crippen LogP contribution in [-0.4, -0.2) is 12.9 Å². The zero-order chi connectivity index (χ0) is 22.2. The first-order chi connectivity index (χ1) is 15.5. The average Bonchev–Trinajstić information content (AvgIpc) is 2.97. The van der Waals surface area contributed by atoms with Crippen LogP contribution in [-0.2, 0) is 4.79 Å². The summed E-state index contributed by atoms with van der Waals surface area (Å²) < 4.78 is 21.0. The number of nitrogens with one attached hydrogen (secondary N) is 2. The van der Waals surface area contributed by atoms with Crippen molar-refractivity contribution in [2.45, 2.75) is 24.8 Å². The fourth-order valence-corrected chi connectivity index (χ4v) is 4.95. The Hall–Kier alpha value is -3.12. The molecule has 3 aromatic carbocycles. The number of benzene rings is 3. The van der Waals surface area contributed by atoms with Gasteiger partial charge in [-0.15, -0.1) is 0 Å². The summed E-state index contributed by atoms with van der Waals surface area (Å²) in [6.45, 7) is 0. The lowest BCUT2D eigenvalue weighted by Crippen LogP contribution is -2.27. The highest BCUT2D eigenvalue weighted by molar-refractivity contribution is 9.10. The van der Waals surface area contributed by atoms with Gasteiger partial charge in [-0.05, 0) is 60.4 Å². The van der Waals surface area contributed by atoms with Gasteiger partial charge in [0.2, 0.25) is 0 Å². The molecular formula is C26H22BrFN2O2. The molecule has 0 saturated heterocycles. The van der Waals surface area contributed by atoms with E-state index in [2.05, 4.69) is 26.6 Å². The van der Waals surface area contributed by atoms with E-state index < -0.39 is 6.04 Å². The number of ether oxygens (including phenoxy) is 1. The number of hydrogen-bond acceptors (Lipinski definition) is 4. The Labute approximate surface area is 194 Å². The molecule has 162 valence electrons. The smallest absolute Gasteiger partial charge is 0.163 e. The minimum Gasteiger partial charge on any atom is -0.497 e. The Balaban J connectivity index is 1.61. The molecule has 6 heteroatoms. The molecule has 1 heterocycles. The SMILES string of the molecule is COc1ccc([C@H]2CC(=O)C3=C(C2)Nc2ccccc2N[C@@H]3c2cc(Br)ccc2F)cc1. The van der Waals surface area contributed by atoms with Crippen LogP contribution in [0.15, 0.2) is 82.5 Å².